The lowest BCUT2D eigenvalue weighted by Crippen LogP contribution is -2.52. The molecule has 3 atom stereocenters. The van der Waals surface area contributed by atoms with E-state index in [2.05, 4.69) is 29.4 Å². The Morgan fingerprint density at radius 1 is 1.39 bits per heavy atom. The summed E-state index contributed by atoms with van der Waals surface area (Å²) in [6, 6.07) is 0.0514. The molecule has 0 spiro atoms. The van der Waals surface area contributed by atoms with Gasteiger partial charge >= 0.3 is 0 Å². The van der Waals surface area contributed by atoms with Gasteiger partial charge in [0.2, 0.25) is 5.91 Å². The summed E-state index contributed by atoms with van der Waals surface area (Å²) in [5.74, 6) is 1.51. The molecule has 0 aromatic rings. The molecule has 0 aromatic carbocycles. The van der Waals surface area contributed by atoms with Gasteiger partial charge < -0.3 is 15.5 Å². The topological polar surface area (TPSA) is 44.4 Å². The Labute approximate surface area is 110 Å². The average molecular weight is 253 g/mol. The van der Waals surface area contributed by atoms with Crippen LogP contribution in [0.4, 0.5) is 0 Å². The van der Waals surface area contributed by atoms with Crippen LogP contribution in [0, 0.1) is 11.8 Å². The molecule has 1 saturated carbocycles. The Kier molecular flexibility index (Phi) is 3.97. The van der Waals surface area contributed by atoms with Crippen LogP contribution in [0.5, 0.6) is 0 Å². The fourth-order valence-electron chi connectivity index (χ4n) is 3.05. The number of hydrogen-bond donors (Lipinski definition) is 2. The van der Waals surface area contributed by atoms with Gasteiger partial charge in [0.15, 0.2) is 0 Å². The molecule has 1 aliphatic carbocycles. The van der Waals surface area contributed by atoms with Crippen molar-refractivity contribution >= 4 is 5.91 Å². The van der Waals surface area contributed by atoms with E-state index in [1.54, 1.807) is 0 Å². The fraction of sp³-hybridized carbons (Fsp3) is 0.929. The number of hydrogen-bond acceptors (Lipinski definition) is 3. The number of nitrogens with one attached hydrogen (secondary N) is 2. The average Bonchev–Trinajstić information content (AvgIpc) is 2.87. The van der Waals surface area contributed by atoms with Gasteiger partial charge in [-0.25, -0.2) is 0 Å². The third-order valence-corrected chi connectivity index (χ3v) is 4.93. The van der Waals surface area contributed by atoms with Gasteiger partial charge in [-0.1, -0.05) is 6.42 Å². The molecule has 4 nitrogen and oxygen atoms in total. The van der Waals surface area contributed by atoms with Gasteiger partial charge in [0.1, 0.15) is 0 Å². The van der Waals surface area contributed by atoms with Gasteiger partial charge in [-0.05, 0) is 59.2 Å². The number of amides is 1. The van der Waals surface area contributed by atoms with Crippen LogP contribution in [0.15, 0.2) is 0 Å². The lowest BCUT2D eigenvalue weighted by atomic mass is 9.93. The second-order valence-electron chi connectivity index (χ2n) is 6.67. The summed E-state index contributed by atoms with van der Waals surface area (Å²) in [7, 11) is 4.10. The Morgan fingerprint density at radius 3 is 2.78 bits per heavy atom. The maximum Gasteiger partial charge on any atom is 0.237 e. The summed E-state index contributed by atoms with van der Waals surface area (Å²) in [5, 5.41) is 6.51. The first-order chi connectivity index (χ1) is 8.42. The summed E-state index contributed by atoms with van der Waals surface area (Å²) in [6.45, 7) is 6.02. The third-order valence-electron chi connectivity index (χ3n) is 4.93. The van der Waals surface area contributed by atoms with E-state index in [9.17, 15) is 4.79 Å². The molecule has 18 heavy (non-hydrogen) atoms. The van der Waals surface area contributed by atoms with E-state index in [-0.39, 0.29) is 17.5 Å². The number of carbonyl (C=O) groups excluding carboxylic acids is 1. The first-order valence-corrected chi connectivity index (χ1v) is 7.10. The highest BCUT2D eigenvalue weighted by molar-refractivity contribution is 5.82. The Hall–Kier alpha value is -0.610. The van der Waals surface area contributed by atoms with Crippen molar-refractivity contribution in [2.45, 2.75) is 44.7 Å². The van der Waals surface area contributed by atoms with Crippen molar-refractivity contribution in [2.24, 2.45) is 11.8 Å². The van der Waals surface area contributed by atoms with E-state index < -0.39 is 0 Å². The Morgan fingerprint density at radius 2 is 2.11 bits per heavy atom. The highest BCUT2D eigenvalue weighted by Gasteiger charge is 2.42. The molecular formula is C14H27N3O. The van der Waals surface area contributed by atoms with Crippen molar-refractivity contribution in [3.05, 3.63) is 0 Å². The van der Waals surface area contributed by atoms with Gasteiger partial charge in [0.25, 0.3) is 0 Å². The van der Waals surface area contributed by atoms with E-state index in [0.717, 1.165) is 12.5 Å². The second kappa shape index (κ2) is 5.17. The normalized spacial score (nSPS) is 31.7. The van der Waals surface area contributed by atoms with Crippen LogP contribution < -0.4 is 10.6 Å². The van der Waals surface area contributed by atoms with Crippen LogP contribution in [0.2, 0.25) is 0 Å². The maximum absolute atomic E-state index is 12.3. The molecule has 0 aromatic heterocycles. The number of rotatable bonds is 4. The number of nitrogens with zero attached hydrogens (tertiary/aromatic N) is 1. The van der Waals surface area contributed by atoms with Crippen LogP contribution >= 0.6 is 0 Å². The molecule has 1 amide bonds. The molecule has 1 saturated heterocycles. The molecule has 0 bridgehead atoms. The van der Waals surface area contributed by atoms with Crippen molar-refractivity contribution in [1.82, 2.24) is 15.5 Å². The standard InChI is InChI=1S/C14H27N3O/c1-14(2,17(3)4)9-16-13(18)12-11-7-5-6-10(11)8-15-12/h10-12,15H,5-9H2,1-4H3,(H,16,18). The largest absolute Gasteiger partial charge is 0.353 e. The van der Waals surface area contributed by atoms with Crippen LogP contribution in [-0.2, 0) is 4.79 Å². The zero-order valence-corrected chi connectivity index (χ0v) is 12.1. The smallest absolute Gasteiger partial charge is 0.237 e. The molecule has 2 rings (SSSR count). The Balaban J connectivity index is 1.85. The van der Waals surface area contributed by atoms with Crippen molar-refractivity contribution in [1.29, 1.82) is 0 Å². The van der Waals surface area contributed by atoms with Gasteiger partial charge in [0.05, 0.1) is 6.04 Å². The highest BCUT2D eigenvalue weighted by atomic mass is 16.2. The molecule has 4 heteroatoms. The number of likely N-dealkylation sites (N-methyl/N-ethyl adjacent to an activating group) is 1. The van der Waals surface area contributed by atoms with E-state index >= 15 is 0 Å². The molecular weight excluding hydrogens is 226 g/mol. The summed E-state index contributed by atoms with van der Waals surface area (Å²) in [6.07, 6.45) is 3.81. The van der Waals surface area contributed by atoms with E-state index in [1.807, 2.05) is 14.1 Å². The molecule has 0 radical (unpaired) electrons. The first kappa shape index (κ1) is 13.8. The van der Waals surface area contributed by atoms with E-state index in [4.69, 9.17) is 0 Å². The van der Waals surface area contributed by atoms with Crippen LogP contribution in [-0.4, -0.2) is 49.6 Å². The molecule has 3 unspecified atom stereocenters. The quantitative estimate of drug-likeness (QED) is 0.780. The van der Waals surface area contributed by atoms with Crippen molar-refractivity contribution in [3.8, 4) is 0 Å². The molecule has 104 valence electrons. The molecule has 1 heterocycles. The second-order valence-corrected chi connectivity index (χ2v) is 6.67. The van der Waals surface area contributed by atoms with Gasteiger partial charge in [-0.3, -0.25) is 4.79 Å². The zero-order valence-electron chi connectivity index (χ0n) is 12.1. The number of carbonyl (C=O) groups is 1. The summed E-state index contributed by atoms with van der Waals surface area (Å²) in [4.78, 5) is 14.4. The van der Waals surface area contributed by atoms with Crippen molar-refractivity contribution < 1.29 is 4.79 Å². The van der Waals surface area contributed by atoms with Crippen LogP contribution in [0.3, 0.4) is 0 Å². The van der Waals surface area contributed by atoms with Crippen molar-refractivity contribution in [2.75, 3.05) is 27.2 Å². The van der Waals surface area contributed by atoms with Gasteiger partial charge in [-0.2, -0.15) is 0 Å². The fourth-order valence-corrected chi connectivity index (χ4v) is 3.05. The maximum atomic E-state index is 12.3. The third kappa shape index (κ3) is 2.69. The van der Waals surface area contributed by atoms with Crippen LogP contribution in [0.1, 0.15) is 33.1 Å². The lowest BCUT2D eigenvalue weighted by Gasteiger charge is -2.33. The van der Waals surface area contributed by atoms with Gasteiger partial charge in [0, 0.05) is 12.1 Å². The predicted octanol–water partition coefficient (Wildman–Crippen LogP) is 0.831. The van der Waals surface area contributed by atoms with Gasteiger partial charge in [-0.15, -0.1) is 0 Å². The summed E-state index contributed by atoms with van der Waals surface area (Å²) in [5.41, 5.74) is 0.00332. The van der Waals surface area contributed by atoms with E-state index in [1.165, 1.54) is 19.3 Å². The van der Waals surface area contributed by atoms with E-state index in [0.29, 0.717) is 12.5 Å². The molecule has 1 aliphatic heterocycles. The zero-order chi connectivity index (χ0) is 13.3. The monoisotopic (exact) mass is 253 g/mol. The molecule has 2 N–H and O–H groups in total. The minimum atomic E-state index is 0.00332. The predicted molar refractivity (Wildman–Crippen MR) is 73.4 cm³/mol. The molecule has 2 fully saturated rings. The summed E-state index contributed by atoms with van der Waals surface area (Å²) < 4.78 is 0. The Bertz CT molecular complexity index is 314. The minimum absolute atomic E-state index is 0.00332. The minimum Gasteiger partial charge on any atom is -0.353 e. The molecule has 2 aliphatic rings. The lowest BCUT2D eigenvalue weighted by molar-refractivity contribution is -0.124. The highest BCUT2D eigenvalue weighted by Crippen LogP contribution is 2.37. The number of fused-ring (bicyclic) bond motifs is 1. The SMILES string of the molecule is CN(C)C(C)(C)CNC(=O)C1NCC2CCCC21. The van der Waals surface area contributed by atoms with Crippen LogP contribution in [0.25, 0.3) is 0 Å². The first-order valence-electron chi connectivity index (χ1n) is 7.10. The summed E-state index contributed by atoms with van der Waals surface area (Å²) >= 11 is 0. The van der Waals surface area contributed by atoms with Crippen molar-refractivity contribution in [3.63, 3.8) is 0 Å².